The molecule has 1 aliphatic rings. The number of benzene rings is 1. The van der Waals surface area contributed by atoms with Gasteiger partial charge in [0.25, 0.3) is 0 Å². The Morgan fingerprint density at radius 3 is 2.93 bits per heavy atom. The van der Waals surface area contributed by atoms with Gasteiger partial charge in [0.15, 0.2) is 0 Å². The summed E-state index contributed by atoms with van der Waals surface area (Å²) in [6.07, 6.45) is 3.20. The normalized spacial score (nSPS) is 25.9. The number of hydrogen-bond donors (Lipinski definition) is 2. The zero-order valence-electron chi connectivity index (χ0n) is 8.59. The molecule has 0 aliphatic heterocycles. The van der Waals surface area contributed by atoms with E-state index in [0.29, 0.717) is 5.75 Å². The van der Waals surface area contributed by atoms with Crippen LogP contribution in [0.2, 0.25) is 0 Å². The lowest BCUT2D eigenvalue weighted by Gasteiger charge is -2.33. The number of fused-ring (bicyclic) bond motifs is 1. The van der Waals surface area contributed by atoms with E-state index in [1.54, 1.807) is 6.07 Å². The maximum Gasteiger partial charge on any atom is 0.115 e. The largest absolute Gasteiger partial charge is 0.508 e. The molecule has 76 valence electrons. The second-order valence-corrected chi connectivity index (χ2v) is 4.64. The van der Waals surface area contributed by atoms with Crippen LogP contribution in [0.15, 0.2) is 18.2 Å². The van der Waals surface area contributed by atoms with Crippen molar-refractivity contribution in [3.63, 3.8) is 0 Å². The molecule has 1 aromatic carbocycles. The lowest BCUT2D eigenvalue weighted by molar-refractivity contribution is 0.290. The minimum absolute atomic E-state index is 0.254. The molecular weight excluding hydrogens is 174 g/mol. The first kappa shape index (κ1) is 9.53. The van der Waals surface area contributed by atoms with Crippen LogP contribution in [0.1, 0.15) is 24.5 Å². The summed E-state index contributed by atoms with van der Waals surface area (Å²) in [5.74, 6) is 0.375. The third-order valence-electron chi connectivity index (χ3n) is 3.30. The average Bonchev–Trinajstić information content (AvgIpc) is 2.19. The minimum atomic E-state index is 0.254. The van der Waals surface area contributed by atoms with E-state index in [0.717, 1.165) is 25.8 Å². The Hall–Kier alpha value is -1.02. The van der Waals surface area contributed by atoms with Gasteiger partial charge < -0.3 is 10.8 Å². The fraction of sp³-hybridized carbons (Fsp3) is 0.500. The molecule has 1 aromatic rings. The van der Waals surface area contributed by atoms with Gasteiger partial charge in [0.1, 0.15) is 5.75 Å². The van der Waals surface area contributed by atoms with Crippen molar-refractivity contribution in [2.75, 3.05) is 6.54 Å². The van der Waals surface area contributed by atoms with Crippen LogP contribution in [0.3, 0.4) is 0 Å². The summed E-state index contributed by atoms with van der Waals surface area (Å²) < 4.78 is 0. The highest BCUT2D eigenvalue weighted by Crippen LogP contribution is 2.35. The van der Waals surface area contributed by atoms with Crippen molar-refractivity contribution < 1.29 is 5.11 Å². The van der Waals surface area contributed by atoms with Gasteiger partial charge in [-0.15, -0.1) is 0 Å². The van der Waals surface area contributed by atoms with Crippen LogP contribution in [-0.2, 0) is 12.8 Å². The second kappa shape index (κ2) is 3.28. The van der Waals surface area contributed by atoms with Gasteiger partial charge in [-0.3, -0.25) is 0 Å². The van der Waals surface area contributed by atoms with Gasteiger partial charge in [-0.05, 0) is 54.5 Å². The molecule has 2 heteroatoms. The van der Waals surface area contributed by atoms with E-state index in [9.17, 15) is 5.11 Å². The van der Waals surface area contributed by atoms with E-state index in [1.807, 2.05) is 12.1 Å². The molecule has 1 unspecified atom stereocenters. The molecule has 0 amide bonds. The average molecular weight is 191 g/mol. The summed E-state index contributed by atoms with van der Waals surface area (Å²) in [6.45, 7) is 2.98. The van der Waals surface area contributed by atoms with Crippen LogP contribution in [0, 0.1) is 5.41 Å². The number of aromatic hydroxyl groups is 1. The maximum atomic E-state index is 9.35. The maximum absolute atomic E-state index is 9.35. The van der Waals surface area contributed by atoms with Gasteiger partial charge in [0.2, 0.25) is 0 Å². The Balaban J connectivity index is 2.31. The van der Waals surface area contributed by atoms with Gasteiger partial charge >= 0.3 is 0 Å². The zero-order chi connectivity index (χ0) is 10.2. The smallest absolute Gasteiger partial charge is 0.115 e. The van der Waals surface area contributed by atoms with E-state index in [-0.39, 0.29) is 5.41 Å². The lowest BCUT2D eigenvalue weighted by atomic mass is 9.73. The summed E-state index contributed by atoms with van der Waals surface area (Å²) in [5, 5.41) is 9.35. The predicted octanol–water partition coefficient (Wildman–Crippen LogP) is 1.85. The molecule has 0 spiro atoms. The zero-order valence-corrected chi connectivity index (χ0v) is 8.59. The quantitative estimate of drug-likeness (QED) is 0.711. The lowest BCUT2D eigenvalue weighted by Crippen LogP contribution is -2.33. The van der Waals surface area contributed by atoms with Crippen molar-refractivity contribution in [1.29, 1.82) is 0 Å². The molecule has 0 saturated carbocycles. The van der Waals surface area contributed by atoms with Gasteiger partial charge in [0, 0.05) is 0 Å². The highest BCUT2D eigenvalue weighted by Gasteiger charge is 2.28. The molecule has 0 radical (unpaired) electrons. The second-order valence-electron chi connectivity index (χ2n) is 4.64. The van der Waals surface area contributed by atoms with Crippen LogP contribution >= 0.6 is 0 Å². The van der Waals surface area contributed by atoms with Crippen molar-refractivity contribution in [1.82, 2.24) is 0 Å². The van der Waals surface area contributed by atoms with Crippen molar-refractivity contribution in [3.8, 4) is 5.75 Å². The summed E-state index contributed by atoms with van der Waals surface area (Å²) in [4.78, 5) is 0. The highest BCUT2D eigenvalue weighted by molar-refractivity contribution is 5.37. The van der Waals surface area contributed by atoms with Crippen molar-refractivity contribution in [3.05, 3.63) is 29.3 Å². The van der Waals surface area contributed by atoms with Crippen molar-refractivity contribution in [2.24, 2.45) is 11.1 Å². The Bertz CT molecular complexity index is 348. The van der Waals surface area contributed by atoms with Crippen LogP contribution in [0.25, 0.3) is 0 Å². The number of phenolic OH excluding ortho intramolecular Hbond substituents is 1. The Morgan fingerprint density at radius 2 is 2.21 bits per heavy atom. The molecule has 0 bridgehead atoms. The topological polar surface area (TPSA) is 46.2 Å². The molecule has 2 rings (SSSR count). The summed E-state index contributed by atoms with van der Waals surface area (Å²) in [6, 6.07) is 5.67. The summed E-state index contributed by atoms with van der Waals surface area (Å²) >= 11 is 0. The molecule has 0 fully saturated rings. The van der Waals surface area contributed by atoms with E-state index in [1.165, 1.54) is 11.1 Å². The van der Waals surface area contributed by atoms with E-state index in [2.05, 4.69) is 6.92 Å². The fourth-order valence-corrected chi connectivity index (χ4v) is 2.18. The molecule has 1 aliphatic carbocycles. The molecule has 2 nitrogen and oxygen atoms in total. The Morgan fingerprint density at radius 1 is 1.43 bits per heavy atom. The molecule has 1 atom stereocenters. The molecule has 0 aromatic heterocycles. The summed E-state index contributed by atoms with van der Waals surface area (Å²) in [7, 11) is 0. The minimum Gasteiger partial charge on any atom is -0.508 e. The van der Waals surface area contributed by atoms with Crippen molar-refractivity contribution >= 4 is 0 Å². The Kier molecular flexibility index (Phi) is 2.23. The highest BCUT2D eigenvalue weighted by atomic mass is 16.3. The van der Waals surface area contributed by atoms with E-state index in [4.69, 9.17) is 5.73 Å². The van der Waals surface area contributed by atoms with E-state index < -0.39 is 0 Å². The van der Waals surface area contributed by atoms with E-state index >= 15 is 0 Å². The van der Waals surface area contributed by atoms with Gasteiger partial charge in [-0.25, -0.2) is 0 Å². The molecule has 0 saturated heterocycles. The SMILES string of the molecule is CC1(CN)CCc2cc(O)ccc2C1. The monoisotopic (exact) mass is 191 g/mol. The van der Waals surface area contributed by atoms with Crippen molar-refractivity contribution in [2.45, 2.75) is 26.2 Å². The number of hydrogen-bond acceptors (Lipinski definition) is 2. The third-order valence-corrected chi connectivity index (χ3v) is 3.30. The standard InChI is InChI=1S/C12H17NO/c1-12(8-13)5-4-9-6-11(14)3-2-10(9)7-12/h2-3,6,14H,4-5,7-8,13H2,1H3. The molecule has 0 heterocycles. The van der Waals surface area contributed by atoms with Gasteiger partial charge in [0.05, 0.1) is 0 Å². The Labute approximate surface area is 84.7 Å². The van der Waals surface area contributed by atoms with Gasteiger partial charge in [-0.1, -0.05) is 13.0 Å². The summed E-state index contributed by atoms with van der Waals surface area (Å²) in [5.41, 5.74) is 8.67. The number of nitrogens with two attached hydrogens (primary N) is 1. The number of rotatable bonds is 1. The number of phenols is 1. The first-order valence-corrected chi connectivity index (χ1v) is 5.14. The molecular formula is C12H17NO. The number of aryl methyl sites for hydroxylation is 1. The van der Waals surface area contributed by atoms with Crippen LogP contribution in [0.5, 0.6) is 5.75 Å². The molecule has 3 N–H and O–H groups in total. The first-order valence-electron chi connectivity index (χ1n) is 5.14. The van der Waals surface area contributed by atoms with Crippen LogP contribution < -0.4 is 5.73 Å². The van der Waals surface area contributed by atoms with Gasteiger partial charge in [-0.2, -0.15) is 0 Å². The molecule has 14 heavy (non-hydrogen) atoms. The van der Waals surface area contributed by atoms with Crippen LogP contribution in [-0.4, -0.2) is 11.7 Å². The predicted molar refractivity (Wildman–Crippen MR) is 57.3 cm³/mol. The van der Waals surface area contributed by atoms with Crippen LogP contribution in [0.4, 0.5) is 0 Å². The third kappa shape index (κ3) is 1.62. The first-order chi connectivity index (χ1) is 6.63. The fourth-order valence-electron chi connectivity index (χ4n) is 2.18.